The van der Waals surface area contributed by atoms with E-state index in [9.17, 15) is 17.6 Å². The normalized spacial score (nSPS) is 12.4. The Labute approximate surface area is 165 Å². The van der Waals surface area contributed by atoms with Gasteiger partial charge < -0.3 is 4.74 Å². The number of nitrogens with zero attached hydrogens (tertiary/aromatic N) is 1. The Bertz CT molecular complexity index is 1080. The number of carbonyl (C=O) groups excluding carboxylic acids is 1. The van der Waals surface area contributed by atoms with Crippen LogP contribution in [0, 0.1) is 5.82 Å². The Morgan fingerprint density at radius 1 is 1.14 bits per heavy atom. The summed E-state index contributed by atoms with van der Waals surface area (Å²) in [4.78, 5) is 16.8. The number of aromatic nitrogens is 1. The van der Waals surface area contributed by atoms with Crippen molar-refractivity contribution in [3.8, 4) is 17.0 Å². The zero-order valence-electron chi connectivity index (χ0n) is 15.0. The molecule has 1 aromatic heterocycles. The molecule has 1 unspecified atom stereocenters. The Morgan fingerprint density at radius 2 is 1.79 bits per heavy atom. The molecule has 0 aliphatic heterocycles. The van der Waals surface area contributed by atoms with Crippen LogP contribution in [0.1, 0.15) is 6.92 Å². The fourth-order valence-electron chi connectivity index (χ4n) is 2.31. The summed E-state index contributed by atoms with van der Waals surface area (Å²) >= 11 is 1.25. The molecule has 2 aromatic carbocycles. The Morgan fingerprint density at radius 3 is 2.39 bits per heavy atom. The lowest BCUT2D eigenvalue weighted by Crippen LogP contribution is -2.30. The van der Waals surface area contributed by atoms with Gasteiger partial charge in [0.1, 0.15) is 11.6 Å². The van der Waals surface area contributed by atoms with Gasteiger partial charge in [0.2, 0.25) is 0 Å². The number of thiazole rings is 1. The van der Waals surface area contributed by atoms with Gasteiger partial charge in [0.25, 0.3) is 5.91 Å². The van der Waals surface area contributed by atoms with Crippen LogP contribution in [-0.4, -0.2) is 31.7 Å². The smallest absolute Gasteiger partial charge is 0.266 e. The van der Waals surface area contributed by atoms with Crippen molar-refractivity contribution in [2.45, 2.75) is 17.9 Å². The minimum Gasteiger partial charge on any atom is -0.481 e. The molecule has 1 heterocycles. The monoisotopic (exact) mass is 420 g/mol. The fourth-order valence-corrected chi connectivity index (χ4v) is 3.67. The van der Waals surface area contributed by atoms with Crippen LogP contribution in [-0.2, 0) is 14.6 Å². The molecule has 0 radical (unpaired) electrons. The van der Waals surface area contributed by atoms with Crippen molar-refractivity contribution >= 4 is 32.2 Å². The van der Waals surface area contributed by atoms with Crippen LogP contribution in [0.4, 0.5) is 9.52 Å². The van der Waals surface area contributed by atoms with Crippen LogP contribution in [0.15, 0.2) is 58.8 Å². The molecule has 1 amide bonds. The van der Waals surface area contributed by atoms with Gasteiger partial charge in [-0.05, 0) is 55.5 Å². The molecule has 0 fully saturated rings. The minimum absolute atomic E-state index is 0.174. The molecule has 1 N–H and O–H groups in total. The number of hydrogen-bond donors (Lipinski definition) is 1. The summed E-state index contributed by atoms with van der Waals surface area (Å²) in [7, 11) is -3.29. The zero-order valence-corrected chi connectivity index (χ0v) is 16.7. The van der Waals surface area contributed by atoms with E-state index in [-0.39, 0.29) is 10.7 Å². The summed E-state index contributed by atoms with van der Waals surface area (Å²) in [6, 6.07) is 11.8. The van der Waals surface area contributed by atoms with E-state index in [4.69, 9.17) is 4.74 Å². The predicted molar refractivity (Wildman–Crippen MR) is 106 cm³/mol. The Balaban J connectivity index is 1.62. The average molecular weight is 420 g/mol. The van der Waals surface area contributed by atoms with E-state index in [1.54, 1.807) is 24.4 Å². The number of carbonyl (C=O) groups is 1. The molecule has 6 nitrogen and oxygen atoms in total. The van der Waals surface area contributed by atoms with Crippen molar-refractivity contribution in [3.05, 3.63) is 59.7 Å². The number of anilines is 1. The summed E-state index contributed by atoms with van der Waals surface area (Å²) in [6.45, 7) is 1.58. The van der Waals surface area contributed by atoms with Crippen LogP contribution in [0.2, 0.25) is 0 Å². The molecule has 0 saturated carbocycles. The minimum atomic E-state index is -3.29. The maximum atomic E-state index is 13.0. The van der Waals surface area contributed by atoms with Gasteiger partial charge in [0.05, 0.1) is 10.6 Å². The molecule has 28 heavy (non-hydrogen) atoms. The highest BCUT2D eigenvalue weighted by Gasteiger charge is 2.17. The van der Waals surface area contributed by atoms with Crippen molar-refractivity contribution < 1.29 is 22.3 Å². The molecule has 0 bridgehead atoms. The van der Waals surface area contributed by atoms with Gasteiger partial charge >= 0.3 is 0 Å². The second-order valence-electron chi connectivity index (χ2n) is 6.04. The molecule has 146 valence electrons. The first-order valence-electron chi connectivity index (χ1n) is 8.21. The van der Waals surface area contributed by atoms with Crippen LogP contribution >= 0.6 is 11.3 Å². The van der Waals surface area contributed by atoms with Crippen LogP contribution in [0.5, 0.6) is 5.75 Å². The van der Waals surface area contributed by atoms with E-state index in [1.807, 2.05) is 0 Å². The van der Waals surface area contributed by atoms with Gasteiger partial charge in [-0.15, -0.1) is 11.3 Å². The van der Waals surface area contributed by atoms with Crippen LogP contribution in [0.3, 0.4) is 0 Å². The van der Waals surface area contributed by atoms with E-state index >= 15 is 0 Å². The van der Waals surface area contributed by atoms with Gasteiger partial charge in [-0.3, -0.25) is 10.1 Å². The molecule has 3 aromatic rings. The van der Waals surface area contributed by atoms with Gasteiger partial charge in [-0.2, -0.15) is 0 Å². The number of hydrogen-bond acceptors (Lipinski definition) is 6. The number of amides is 1. The summed E-state index contributed by atoms with van der Waals surface area (Å²) < 4.78 is 41.5. The van der Waals surface area contributed by atoms with Crippen molar-refractivity contribution in [3.63, 3.8) is 0 Å². The number of nitrogens with one attached hydrogen (secondary N) is 1. The van der Waals surface area contributed by atoms with Crippen LogP contribution < -0.4 is 10.1 Å². The van der Waals surface area contributed by atoms with Gasteiger partial charge in [0.15, 0.2) is 21.1 Å². The van der Waals surface area contributed by atoms with E-state index in [1.165, 1.54) is 47.7 Å². The van der Waals surface area contributed by atoms with Crippen molar-refractivity contribution in [1.29, 1.82) is 0 Å². The average Bonchev–Trinajstić information content (AvgIpc) is 3.10. The zero-order chi connectivity index (χ0) is 20.3. The number of benzene rings is 2. The topological polar surface area (TPSA) is 85.4 Å². The third-order valence-electron chi connectivity index (χ3n) is 3.81. The van der Waals surface area contributed by atoms with Gasteiger partial charge in [-0.1, -0.05) is 0 Å². The van der Waals surface area contributed by atoms with Gasteiger partial charge in [-0.25, -0.2) is 17.8 Å². The summed E-state index contributed by atoms with van der Waals surface area (Å²) in [5.41, 5.74) is 1.37. The first-order chi connectivity index (χ1) is 13.2. The number of ether oxygens (including phenoxy) is 1. The summed E-state index contributed by atoms with van der Waals surface area (Å²) in [6.07, 6.45) is 0.301. The molecule has 3 rings (SSSR count). The Kier molecular flexibility index (Phi) is 5.76. The maximum Gasteiger partial charge on any atom is 0.266 e. The molecule has 9 heteroatoms. The quantitative estimate of drug-likeness (QED) is 0.656. The first-order valence-corrected chi connectivity index (χ1v) is 11.0. The van der Waals surface area contributed by atoms with Crippen molar-refractivity contribution in [1.82, 2.24) is 4.98 Å². The number of halogens is 1. The molecule has 0 saturated heterocycles. The highest BCUT2D eigenvalue weighted by molar-refractivity contribution is 7.90. The molecular formula is C19H17FN2O4S2. The largest absolute Gasteiger partial charge is 0.481 e. The molecule has 0 aliphatic rings. The predicted octanol–water partition coefficient (Wildman–Crippen LogP) is 3.76. The lowest BCUT2D eigenvalue weighted by molar-refractivity contribution is -0.122. The summed E-state index contributed by atoms with van der Waals surface area (Å²) in [5, 5.41) is 4.83. The van der Waals surface area contributed by atoms with E-state index in [2.05, 4.69) is 10.3 Å². The second-order valence-corrected chi connectivity index (χ2v) is 8.91. The number of rotatable bonds is 6. The van der Waals surface area contributed by atoms with E-state index in [0.29, 0.717) is 16.6 Å². The molecule has 0 spiro atoms. The summed E-state index contributed by atoms with van der Waals surface area (Å²) in [5.74, 6) is -0.351. The highest BCUT2D eigenvalue weighted by Crippen LogP contribution is 2.25. The lowest BCUT2D eigenvalue weighted by Gasteiger charge is -2.14. The fraction of sp³-hybridized carbons (Fsp3) is 0.158. The third-order valence-corrected chi connectivity index (χ3v) is 5.69. The molecule has 1 atom stereocenters. The lowest BCUT2D eigenvalue weighted by atomic mass is 10.2. The van der Waals surface area contributed by atoms with E-state index in [0.717, 1.165) is 11.8 Å². The maximum absolute atomic E-state index is 13.0. The second kappa shape index (κ2) is 8.07. The highest BCUT2D eigenvalue weighted by atomic mass is 32.2. The van der Waals surface area contributed by atoms with Gasteiger partial charge in [0, 0.05) is 17.2 Å². The SMILES string of the molecule is CC(Oc1ccc(S(C)(=O)=O)cc1)C(=O)Nc1nc(-c2ccc(F)cc2)cs1. The van der Waals surface area contributed by atoms with E-state index < -0.39 is 21.8 Å². The van der Waals surface area contributed by atoms with Crippen molar-refractivity contribution in [2.75, 3.05) is 11.6 Å². The first kappa shape index (κ1) is 20.0. The van der Waals surface area contributed by atoms with Crippen LogP contribution in [0.25, 0.3) is 11.3 Å². The molecule has 0 aliphatic carbocycles. The molecular weight excluding hydrogens is 403 g/mol. The third kappa shape index (κ3) is 4.93. The standard InChI is InChI=1S/C19H17FN2O4S2/c1-12(26-15-7-9-16(10-8-15)28(2,24)25)18(23)22-19-21-17(11-27-19)13-3-5-14(20)6-4-13/h3-12H,1-2H3,(H,21,22,23). The number of sulfone groups is 1. The Hall–Kier alpha value is -2.78. The van der Waals surface area contributed by atoms with Crippen molar-refractivity contribution in [2.24, 2.45) is 0 Å².